The number of nitrogens with zero attached hydrogens (tertiary/aromatic N) is 1. The Kier molecular flexibility index (Phi) is 3.36. The molecule has 1 aliphatic heterocycles. The maximum Gasteiger partial charge on any atom is 0.253 e. The van der Waals surface area contributed by atoms with Crippen LogP contribution in [0.3, 0.4) is 0 Å². The Bertz CT molecular complexity index is 548. The van der Waals surface area contributed by atoms with E-state index in [0.717, 1.165) is 55.5 Å². The zero-order chi connectivity index (χ0) is 15.3. The van der Waals surface area contributed by atoms with Gasteiger partial charge in [0, 0.05) is 24.1 Å². The molecule has 1 saturated heterocycles. The van der Waals surface area contributed by atoms with Gasteiger partial charge >= 0.3 is 0 Å². The number of aliphatic hydroxyl groups is 1. The van der Waals surface area contributed by atoms with Crippen molar-refractivity contribution in [2.45, 2.75) is 52.1 Å². The van der Waals surface area contributed by atoms with Crippen LogP contribution in [0.15, 0.2) is 18.2 Å². The van der Waals surface area contributed by atoms with E-state index in [1.807, 2.05) is 37.8 Å². The maximum atomic E-state index is 12.6. The Morgan fingerprint density at radius 1 is 1.05 bits per heavy atom. The summed E-state index contributed by atoms with van der Waals surface area (Å²) < 4.78 is 0. The van der Waals surface area contributed by atoms with Crippen LogP contribution >= 0.6 is 0 Å². The van der Waals surface area contributed by atoms with Gasteiger partial charge in [0.05, 0.1) is 5.60 Å². The fourth-order valence-electron chi connectivity index (χ4n) is 4.05. The molecule has 1 heterocycles. The summed E-state index contributed by atoms with van der Waals surface area (Å²) in [5.41, 5.74) is 2.60. The number of aryl methyl sites for hydroxylation is 2. The molecule has 1 aromatic carbocycles. The largest absolute Gasteiger partial charge is 0.390 e. The van der Waals surface area contributed by atoms with Crippen LogP contribution in [0.4, 0.5) is 0 Å². The van der Waals surface area contributed by atoms with Crippen LogP contribution in [0.1, 0.15) is 54.1 Å². The number of likely N-dealkylation sites (tertiary alicyclic amines) is 1. The van der Waals surface area contributed by atoms with Gasteiger partial charge in [0.15, 0.2) is 0 Å². The molecule has 1 atom stereocenters. The van der Waals surface area contributed by atoms with Gasteiger partial charge in [0.25, 0.3) is 5.91 Å². The van der Waals surface area contributed by atoms with Crippen molar-refractivity contribution in [3.8, 4) is 0 Å². The number of carbonyl (C=O) groups is 1. The Morgan fingerprint density at radius 2 is 1.62 bits per heavy atom. The Morgan fingerprint density at radius 3 is 2.05 bits per heavy atom. The first-order chi connectivity index (χ1) is 9.83. The molecule has 1 amide bonds. The molecule has 3 rings (SSSR count). The zero-order valence-electron chi connectivity index (χ0n) is 13.3. The quantitative estimate of drug-likeness (QED) is 0.862. The molecule has 21 heavy (non-hydrogen) atoms. The molecule has 3 heteroatoms. The van der Waals surface area contributed by atoms with Gasteiger partial charge in [-0.3, -0.25) is 4.79 Å². The molecule has 0 bridgehead atoms. The maximum absolute atomic E-state index is 12.6. The van der Waals surface area contributed by atoms with Crippen molar-refractivity contribution in [2.24, 2.45) is 5.41 Å². The third kappa shape index (κ3) is 2.38. The van der Waals surface area contributed by atoms with Gasteiger partial charge in [-0.15, -0.1) is 0 Å². The lowest BCUT2D eigenvalue weighted by Crippen LogP contribution is -2.60. The van der Waals surface area contributed by atoms with Crippen LogP contribution in [-0.4, -0.2) is 34.6 Å². The molecule has 0 aromatic heterocycles. The van der Waals surface area contributed by atoms with E-state index in [4.69, 9.17) is 0 Å². The van der Waals surface area contributed by atoms with Gasteiger partial charge in [-0.2, -0.15) is 0 Å². The molecule has 0 radical (unpaired) electrons. The number of amides is 1. The lowest BCUT2D eigenvalue weighted by atomic mass is 9.53. The minimum atomic E-state index is -0.526. The summed E-state index contributed by atoms with van der Waals surface area (Å²) in [4.78, 5) is 14.6. The Balaban J connectivity index is 1.71. The normalized spacial score (nSPS) is 27.5. The van der Waals surface area contributed by atoms with Crippen LogP contribution < -0.4 is 0 Å². The predicted octanol–water partition coefficient (Wildman–Crippen LogP) is 3.07. The van der Waals surface area contributed by atoms with Gasteiger partial charge in [-0.1, -0.05) is 17.2 Å². The lowest BCUT2D eigenvalue weighted by molar-refractivity contribution is -0.174. The highest BCUT2D eigenvalue weighted by Crippen LogP contribution is 2.56. The third-order valence-corrected chi connectivity index (χ3v) is 5.71. The summed E-state index contributed by atoms with van der Waals surface area (Å²) in [5, 5.41) is 10.4. The summed E-state index contributed by atoms with van der Waals surface area (Å²) in [6.07, 6.45) is 3.86. The molecule has 2 fully saturated rings. The fraction of sp³-hybridized carbons (Fsp3) is 0.611. The number of rotatable bonds is 1. The van der Waals surface area contributed by atoms with Crippen LogP contribution in [0, 0.1) is 19.3 Å². The second-order valence-corrected chi connectivity index (χ2v) is 7.22. The number of hydrogen-bond donors (Lipinski definition) is 1. The third-order valence-electron chi connectivity index (χ3n) is 5.71. The molecular weight excluding hydrogens is 262 g/mol. The summed E-state index contributed by atoms with van der Waals surface area (Å²) in [5.74, 6) is 0.135. The van der Waals surface area contributed by atoms with Crippen LogP contribution in [0.5, 0.6) is 0 Å². The molecule has 2 aliphatic rings. The van der Waals surface area contributed by atoms with E-state index in [9.17, 15) is 9.90 Å². The van der Waals surface area contributed by atoms with Crippen molar-refractivity contribution in [3.63, 3.8) is 0 Å². The van der Waals surface area contributed by atoms with Crippen LogP contribution in [0.25, 0.3) is 0 Å². The summed E-state index contributed by atoms with van der Waals surface area (Å²) in [6, 6.07) is 6.03. The van der Waals surface area contributed by atoms with Crippen molar-refractivity contribution in [2.75, 3.05) is 13.1 Å². The highest BCUT2D eigenvalue weighted by atomic mass is 16.3. The lowest BCUT2D eigenvalue weighted by Gasteiger charge is -2.58. The van der Waals surface area contributed by atoms with E-state index in [-0.39, 0.29) is 11.3 Å². The van der Waals surface area contributed by atoms with Gasteiger partial charge < -0.3 is 10.0 Å². The summed E-state index contributed by atoms with van der Waals surface area (Å²) >= 11 is 0. The summed E-state index contributed by atoms with van der Waals surface area (Å²) in [6.45, 7) is 7.54. The van der Waals surface area contributed by atoms with Crippen molar-refractivity contribution < 1.29 is 9.90 Å². The smallest absolute Gasteiger partial charge is 0.253 e. The molecule has 1 saturated carbocycles. The Hall–Kier alpha value is -1.35. The first-order valence-electron chi connectivity index (χ1n) is 7.93. The summed E-state index contributed by atoms with van der Waals surface area (Å²) in [7, 11) is 0. The number of piperidine rings is 1. The molecule has 1 aliphatic carbocycles. The van der Waals surface area contributed by atoms with Gasteiger partial charge in [0.2, 0.25) is 0 Å². The monoisotopic (exact) mass is 287 g/mol. The standard InChI is InChI=1S/C18H25NO2/c1-13-10-14(2)12-15(11-13)16(20)19-8-6-18(7-9-19)5-4-17(18,3)21/h10-12,21H,4-9H2,1-3H3. The minimum Gasteiger partial charge on any atom is -0.390 e. The van der Waals surface area contributed by atoms with E-state index < -0.39 is 5.60 Å². The van der Waals surface area contributed by atoms with E-state index in [1.54, 1.807) is 0 Å². The number of carbonyl (C=O) groups excluding carboxylic acids is 1. The van der Waals surface area contributed by atoms with Crippen LogP contribution in [0.2, 0.25) is 0 Å². The predicted molar refractivity (Wildman–Crippen MR) is 83.3 cm³/mol. The SMILES string of the molecule is Cc1cc(C)cc(C(=O)N2CCC3(CC2)CCC3(C)O)c1. The Labute approximate surface area is 127 Å². The molecule has 1 aromatic rings. The van der Waals surface area contributed by atoms with Gasteiger partial charge in [-0.25, -0.2) is 0 Å². The van der Waals surface area contributed by atoms with Crippen LogP contribution in [-0.2, 0) is 0 Å². The highest BCUT2D eigenvalue weighted by molar-refractivity contribution is 5.94. The van der Waals surface area contributed by atoms with Crippen molar-refractivity contribution in [1.82, 2.24) is 4.90 Å². The number of hydrogen-bond acceptors (Lipinski definition) is 2. The molecule has 1 spiro atoms. The number of benzene rings is 1. The van der Waals surface area contributed by atoms with Crippen molar-refractivity contribution in [1.29, 1.82) is 0 Å². The molecule has 3 nitrogen and oxygen atoms in total. The van der Waals surface area contributed by atoms with E-state index in [0.29, 0.717) is 0 Å². The van der Waals surface area contributed by atoms with E-state index in [1.165, 1.54) is 0 Å². The van der Waals surface area contributed by atoms with Crippen molar-refractivity contribution in [3.05, 3.63) is 34.9 Å². The highest BCUT2D eigenvalue weighted by Gasteiger charge is 2.55. The zero-order valence-corrected chi connectivity index (χ0v) is 13.3. The van der Waals surface area contributed by atoms with Gasteiger partial charge in [0.1, 0.15) is 0 Å². The second-order valence-electron chi connectivity index (χ2n) is 7.22. The fourth-order valence-corrected chi connectivity index (χ4v) is 4.05. The molecular formula is C18H25NO2. The average Bonchev–Trinajstić information content (AvgIpc) is 2.44. The molecule has 114 valence electrons. The molecule has 1 N–H and O–H groups in total. The molecule has 1 unspecified atom stereocenters. The van der Waals surface area contributed by atoms with Crippen molar-refractivity contribution >= 4 is 5.91 Å². The first-order valence-corrected chi connectivity index (χ1v) is 7.93. The van der Waals surface area contributed by atoms with Gasteiger partial charge in [-0.05, 0) is 58.6 Å². The van der Waals surface area contributed by atoms with E-state index >= 15 is 0 Å². The van der Waals surface area contributed by atoms with E-state index in [2.05, 4.69) is 6.07 Å². The minimum absolute atomic E-state index is 0.0618. The second kappa shape index (κ2) is 4.84. The average molecular weight is 287 g/mol. The topological polar surface area (TPSA) is 40.5 Å². The first kappa shape index (κ1) is 14.6.